The fourth-order valence-electron chi connectivity index (χ4n) is 4.78. The van der Waals surface area contributed by atoms with Gasteiger partial charge >= 0.3 is 6.03 Å². The highest BCUT2D eigenvalue weighted by Crippen LogP contribution is 2.37. The molecule has 0 radical (unpaired) electrons. The van der Waals surface area contributed by atoms with Gasteiger partial charge < -0.3 is 19.5 Å². The molecule has 10 nitrogen and oxygen atoms in total. The van der Waals surface area contributed by atoms with E-state index in [9.17, 15) is 9.18 Å². The zero-order valence-corrected chi connectivity index (χ0v) is 22.3. The van der Waals surface area contributed by atoms with Gasteiger partial charge in [0.15, 0.2) is 11.5 Å². The van der Waals surface area contributed by atoms with Crippen molar-refractivity contribution < 1.29 is 23.4 Å². The van der Waals surface area contributed by atoms with Crippen molar-refractivity contribution in [1.82, 2.24) is 14.9 Å². The molecule has 2 amide bonds. The van der Waals surface area contributed by atoms with E-state index in [0.717, 1.165) is 38.5 Å². The van der Waals surface area contributed by atoms with Crippen LogP contribution in [0.25, 0.3) is 0 Å². The third kappa shape index (κ3) is 4.86. The molecule has 3 aliphatic heterocycles. The topological polar surface area (TPSA) is 92.3 Å². The minimum Gasteiger partial charge on any atom is -0.486 e. The van der Waals surface area contributed by atoms with E-state index in [-0.39, 0.29) is 18.3 Å². The Morgan fingerprint density at radius 3 is 2.84 bits per heavy atom. The molecule has 1 fully saturated rings. The summed E-state index contributed by atoms with van der Waals surface area (Å²) in [6, 6.07) is 9.78. The Bertz CT molecular complexity index is 1350. The Balaban J connectivity index is 1.18. The molecular weight excluding hydrogens is 559 g/mol. The van der Waals surface area contributed by atoms with Crippen LogP contribution in [0.4, 0.5) is 32.3 Å². The number of para-hydroxylation sites is 1. The first kappa shape index (κ1) is 24.8. The number of hydrogen-bond donors (Lipinski definition) is 1. The molecule has 12 heteroatoms. The van der Waals surface area contributed by atoms with Crippen LogP contribution in [-0.2, 0) is 11.3 Å². The van der Waals surface area contributed by atoms with Gasteiger partial charge in [-0.15, -0.1) is 0 Å². The fourth-order valence-corrected chi connectivity index (χ4v) is 5.33. The molecule has 1 unspecified atom stereocenters. The Labute approximate surface area is 227 Å². The maximum absolute atomic E-state index is 14.6. The van der Waals surface area contributed by atoms with Crippen LogP contribution in [-0.4, -0.2) is 73.5 Å². The average molecular weight is 585 g/mol. The molecule has 6 rings (SSSR count). The van der Waals surface area contributed by atoms with Crippen LogP contribution in [0.2, 0.25) is 0 Å². The lowest BCUT2D eigenvalue weighted by Gasteiger charge is -2.34. The van der Waals surface area contributed by atoms with Gasteiger partial charge in [-0.25, -0.2) is 14.2 Å². The van der Waals surface area contributed by atoms with Gasteiger partial charge in [-0.05, 0) is 40.2 Å². The first-order chi connectivity index (χ1) is 18.5. The second kappa shape index (κ2) is 10.4. The van der Waals surface area contributed by atoms with E-state index in [4.69, 9.17) is 14.2 Å². The monoisotopic (exact) mass is 584 g/mol. The van der Waals surface area contributed by atoms with Gasteiger partial charge in [-0.3, -0.25) is 14.7 Å². The largest absolute Gasteiger partial charge is 0.486 e. The lowest BCUT2D eigenvalue weighted by Crippen LogP contribution is -2.46. The number of urea groups is 1. The van der Waals surface area contributed by atoms with E-state index in [1.165, 1.54) is 15.9 Å². The molecule has 1 atom stereocenters. The molecular formula is C26H26BrFN6O4. The summed E-state index contributed by atoms with van der Waals surface area (Å²) in [5, 5.41) is 3.19. The van der Waals surface area contributed by atoms with Crippen LogP contribution >= 0.6 is 15.9 Å². The van der Waals surface area contributed by atoms with Crippen LogP contribution in [0.15, 0.2) is 47.1 Å². The fraction of sp³-hybridized carbons (Fsp3) is 0.346. The molecule has 198 valence electrons. The molecule has 0 spiro atoms. The minimum atomic E-state index is -0.491. The molecule has 38 heavy (non-hydrogen) atoms. The van der Waals surface area contributed by atoms with Gasteiger partial charge in [-0.2, -0.15) is 4.98 Å². The lowest BCUT2D eigenvalue weighted by atomic mass is 10.2. The van der Waals surface area contributed by atoms with E-state index >= 15 is 0 Å². The minimum absolute atomic E-state index is 0.0760. The van der Waals surface area contributed by atoms with Crippen LogP contribution in [0.3, 0.4) is 0 Å². The van der Waals surface area contributed by atoms with Gasteiger partial charge in [0, 0.05) is 54.7 Å². The van der Waals surface area contributed by atoms with Crippen molar-refractivity contribution in [3.8, 4) is 11.5 Å². The summed E-state index contributed by atoms with van der Waals surface area (Å²) >= 11 is 3.35. The molecule has 3 aliphatic rings. The molecule has 0 bridgehead atoms. The van der Waals surface area contributed by atoms with Crippen molar-refractivity contribution in [3.05, 3.63) is 58.4 Å². The molecule has 2 aromatic carbocycles. The predicted octanol–water partition coefficient (Wildman–Crippen LogP) is 4.17. The lowest BCUT2D eigenvalue weighted by molar-refractivity contribution is 0.00317. The molecule has 0 saturated carbocycles. The highest BCUT2D eigenvalue weighted by molar-refractivity contribution is 9.10. The van der Waals surface area contributed by atoms with E-state index in [0.29, 0.717) is 39.9 Å². The third-order valence-electron chi connectivity index (χ3n) is 6.70. The van der Waals surface area contributed by atoms with E-state index in [1.807, 2.05) is 18.2 Å². The summed E-state index contributed by atoms with van der Waals surface area (Å²) in [5.41, 5.74) is 1.60. The summed E-state index contributed by atoms with van der Waals surface area (Å²) in [6.07, 6.45) is 1.57. The smallest absolute Gasteiger partial charge is 0.330 e. The maximum atomic E-state index is 14.6. The summed E-state index contributed by atoms with van der Waals surface area (Å²) in [5.74, 6) is 1.63. The van der Waals surface area contributed by atoms with Gasteiger partial charge in [0.25, 0.3) is 0 Å². The number of fused-ring (bicyclic) bond motifs is 2. The highest BCUT2D eigenvalue weighted by Gasteiger charge is 2.33. The number of nitrogens with one attached hydrogen (secondary N) is 1. The Kier molecular flexibility index (Phi) is 6.76. The molecule has 1 saturated heterocycles. The van der Waals surface area contributed by atoms with Crippen molar-refractivity contribution in [2.75, 3.05) is 61.6 Å². The predicted molar refractivity (Wildman–Crippen MR) is 143 cm³/mol. The summed E-state index contributed by atoms with van der Waals surface area (Å²) < 4.78 is 32.6. The van der Waals surface area contributed by atoms with Crippen molar-refractivity contribution in [2.24, 2.45) is 0 Å². The van der Waals surface area contributed by atoms with Crippen molar-refractivity contribution >= 4 is 45.1 Å². The normalized spacial score (nSPS) is 19.3. The van der Waals surface area contributed by atoms with Gasteiger partial charge in [-0.1, -0.05) is 6.07 Å². The van der Waals surface area contributed by atoms with Crippen LogP contribution in [0.1, 0.15) is 5.56 Å². The molecule has 1 N–H and O–H groups in total. The average Bonchev–Trinajstić information content (AvgIpc) is 2.92. The first-order valence-electron chi connectivity index (χ1n) is 12.3. The maximum Gasteiger partial charge on any atom is 0.330 e. The van der Waals surface area contributed by atoms with E-state index in [1.54, 1.807) is 25.4 Å². The van der Waals surface area contributed by atoms with Crippen molar-refractivity contribution in [3.63, 3.8) is 0 Å². The Morgan fingerprint density at radius 1 is 1.18 bits per heavy atom. The summed E-state index contributed by atoms with van der Waals surface area (Å²) in [7, 11) is 1.61. The standard InChI is InChI=1S/C26H26BrFN6O4/c1-32-24-16(13-34(26(32)35)23-19(27)3-2-4-20(23)28)12-29-25(31-24)30-17-5-6-21-22(11-17)38-18(15-37-21)14-33-7-9-36-10-8-33/h2-6,11-12,18H,7-10,13-15H2,1H3,(H,29,30,31). The SMILES string of the molecule is CN1C(=O)N(c2c(F)cccc2Br)Cc2cnc(Nc3ccc4c(c3)OC(CN3CCOCC3)CO4)nc21. The van der Waals surface area contributed by atoms with Gasteiger partial charge in [0.05, 0.1) is 25.4 Å². The Hall–Kier alpha value is -3.48. The molecule has 0 aliphatic carbocycles. The number of rotatable bonds is 5. The molecule has 1 aromatic heterocycles. The van der Waals surface area contributed by atoms with Crippen LogP contribution in [0, 0.1) is 5.82 Å². The van der Waals surface area contributed by atoms with Crippen LogP contribution < -0.4 is 24.6 Å². The number of anilines is 4. The van der Waals surface area contributed by atoms with E-state index in [2.05, 4.69) is 36.1 Å². The second-order valence-electron chi connectivity index (χ2n) is 9.29. The summed E-state index contributed by atoms with van der Waals surface area (Å²) in [4.78, 5) is 27.2. The van der Waals surface area contributed by atoms with Crippen molar-refractivity contribution in [2.45, 2.75) is 12.6 Å². The second-order valence-corrected chi connectivity index (χ2v) is 10.1. The van der Waals surface area contributed by atoms with E-state index < -0.39 is 11.8 Å². The van der Waals surface area contributed by atoms with Gasteiger partial charge in [0.1, 0.15) is 24.3 Å². The number of carbonyl (C=O) groups excluding carboxylic acids is 1. The number of nitrogens with zero attached hydrogens (tertiary/aromatic N) is 5. The Morgan fingerprint density at radius 2 is 2.03 bits per heavy atom. The van der Waals surface area contributed by atoms with Crippen molar-refractivity contribution in [1.29, 1.82) is 0 Å². The number of benzene rings is 2. The number of aromatic nitrogens is 2. The zero-order chi connectivity index (χ0) is 26.2. The summed E-state index contributed by atoms with van der Waals surface area (Å²) in [6.45, 7) is 4.65. The first-order valence-corrected chi connectivity index (χ1v) is 13.1. The molecule has 4 heterocycles. The number of carbonyl (C=O) groups is 1. The highest BCUT2D eigenvalue weighted by atomic mass is 79.9. The van der Waals surface area contributed by atoms with Gasteiger partial charge in [0.2, 0.25) is 5.95 Å². The number of amides is 2. The third-order valence-corrected chi connectivity index (χ3v) is 7.34. The molecule has 3 aromatic rings. The van der Waals surface area contributed by atoms with Crippen LogP contribution in [0.5, 0.6) is 11.5 Å². The number of morpholine rings is 1. The number of hydrogen-bond acceptors (Lipinski definition) is 8. The number of halogens is 2. The number of ether oxygens (including phenoxy) is 3. The quantitative estimate of drug-likeness (QED) is 0.478. The zero-order valence-electron chi connectivity index (χ0n) is 20.7.